The van der Waals surface area contributed by atoms with Crippen LogP contribution in [0.25, 0.3) is 55.4 Å². The third-order valence-corrected chi connectivity index (χ3v) is 9.32. The molecule has 0 bridgehead atoms. The maximum atomic E-state index is 4.79. The van der Waals surface area contributed by atoms with Gasteiger partial charge in [0.05, 0.1) is 33.4 Å². The van der Waals surface area contributed by atoms with Gasteiger partial charge in [0, 0.05) is 30.6 Å². The molecule has 8 aromatic rings. The van der Waals surface area contributed by atoms with Crippen LogP contribution in [0, 0.1) is 41.5 Å². The molecule has 0 saturated carbocycles. The fourth-order valence-corrected chi connectivity index (χ4v) is 7.00. The van der Waals surface area contributed by atoms with Crippen molar-refractivity contribution in [1.29, 1.82) is 0 Å². The molecule has 0 aliphatic heterocycles. The van der Waals surface area contributed by atoms with Crippen molar-refractivity contribution < 1.29 is 0 Å². The molecule has 0 fully saturated rings. The van der Waals surface area contributed by atoms with Crippen molar-refractivity contribution in [3.8, 4) is 11.4 Å². The average molecular weight is 578 g/mol. The van der Waals surface area contributed by atoms with Gasteiger partial charge in [0.25, 0.3) is 0 Å². The number of nitrogens with zero attached hydrogens (tertiary/aromatic N) is 5. The van der Waals surface area contributed by atoms with Gasteiger partial charge in [-0.2, -0.15) is 0 Å². The number of hydrogen-bond donors (Lipinski definition) is 0. The quantitative estimate of drug-likeness (QED) is 0.201. The van der Waals surface area contributed by atoms with Gasteiger partial charge in [0.2, 0.25) is 0 Å². The molecular weight excluding hydrogens is 538 g/mol. The third-order valence-electron chi connectivity index (χ3n) is 9.32. The Hall–Kier alpha value is -5.03. The van der Waals surface area contributed by atoms with E-state index in [1.807, 2.05) is 0 Å². The van der Waals surface area contributed by atoms with Crippen LogP contribution in [0.5, 0.6) is 0 Å². The van der Waals surface area contributed by atoms with E-state index in [0.29, 0.717) is 0 Å². The number of aryl methyl sites for hydroxylation is 8. The summed E-state index contributed by atoms with van der Waals surface area (Å²) in [6, 6.07) is 32.5. The van der Waals surface area contributed by atoms with E-state index in [1.165, 1.54) is 72.2 Å². The summed E-state index contributed by atoms with van der Waals surface area (Å²) in [4.78, 5) is 4.79. The fourth-order valence-electron chi connectivity index (χ4n) is 7.00. The van der Waals surface area contributed by atoms with Crippen molar-refractivity contribution in [3.63, 3.8) is 0 Å². The van der Waals surface area contributed by atoms with Gasteiger partial charge in [0.1, 0.15) is 17.0 Å². The Morgan fingerprint density at radius 3 is 1.59 bits per heavy atom. The predicted molar refractivity (Wildman–Crippen MR) is 186 cm³/mol. The van der Waals surface area contributed by atoms with Crippen molar-refractivity contribution in [2.45, 2.75) is 41.5 Å². The molecule has 0 radical (unpaired) electrons. The molecule has 0 saturated heterocycles. The molecular formula is C39H39N5. The van der Waals surface area contributed by atoms with Crippen LogP contribution in [-0.2, 0) is 14.1 Å². The number of imidazole rings is 1. The first-order valence-corrected chi connectivity index (χ1v) is 15.3. The minimum absolute atomic E-state index is 1.04. The van der Waals surface area contributed by atoms with E-state index in [0.717, 1.165) is 17.0 Å². The van der Waals surface area contributed by atoms with Crippen molar-refractivity contribution in [2.24, 2.45) is 14.1 Å². The molecule has 5 nitrogen and oxygen atoms in total. The Bertz CT molecular complexity index is 2320. The molecule has 220 valence electrons. The lowest BCUT2D eigenvalue weighted by atomic mass is 10.1. The van der Waals surface area contributed by atoms with Crippen LogP contribution >= 0.6 is 0 Å². The van der Waals surface area contributed by atoms with Gasteiger partial charge >= 0.3 is 0 Å². The summed E-state index contributed by atoms with van der Waals surface area (Å²) in [5.74, 6) is 1.04. The Balaban J connectivity index is 0.000000142. The van der Waals surface area contributed by atoms with Crippen molar-refractivity contribution in [2.75, 3.05) is 0 Å². The molecule has 0 aliphatic carbocycles. The average Bonchev–Trinajstić information content (AvgIpc) is 3.68. The molecule has 44 heavy (non-hydrogen) atoms. The number of rotatable bonds is 2. The molecule has 4 aromatic heterocycles. The highest BCUT2D eigenvalue weighted by molar-refractivity contribution is 6.08. The summed E-state index contributed by atoms with van der Waals surface area (Å²) in [6.07, 6.45) is 0. The van der Waals surface area contributed by atoms with E-state index in [-0.39, 0.29) is 0 Å². The Labute approximate surface area is 258 Å². The molecule has 8 rings (SSSR count). The van der Waals surface area contributed by atoms with Gasteiger partial charge in [-0.1, -0.05) is 72.8 Å². The first-order chi connectivity index (χ1) is 21.2. The van der Waals surface area contributed by atoms with Crippen LogP contribution < -0.4 is 0 Å². The predicted octanol–water partition coefficient (Wildman–Crippen LogP) is 9.49. The minimum Gasteiger partial charge on any atom is -0.346 e. The van der Waals surface area contributed by atoms with Gasteiger partial charge in [-0.3, -0.25) is 4.57 Å². The number of hydrogen-bond acceptors (Lipinski definition) is 1. The van der Waals surface area contributed by atoms with E-state index in [4.69, 9.17) is 4.98 Å². The SMILES string of the molecule is Cc1cccc(C)c1-n1c2ccccc2c2c1cc(C)n2C.Cc1cccc(C)c1-n1c2ccccc2c2nc(C)n(C)c21. The fraction of sp³-hybridized carbons (Fsp3) is 0.205. The summed E-state index contributed by atoms with van der Waals surface area (Å²) in [7, 11) is 4.24. The van der Waals surface area contributed by atoms with E-state index in [2.05, 4.69) is 165 Å². The Morgan fingerprint density at radius 2 is 1.00 bits per heavy atom. The summed E-state index contributed by atoms with van der Waals surface area (Å²) in [5, 5.41) is 2.53. The molecule has 4 heterocycles. The molecule has 0 unspecified atom stereocenters. The smallest absolute Gasteiger partial charge is 0.146 e. The van der Waals surface area contributed by atoms with E-state index < -0.39 is 0 Å². The molecule has 5 heteroatoms. The van der Waals surface area contributed by atoms with Gasteiger partial charge in [-0.25, -0.2) is 4.98 Å². The third kappa shape index (κ3) is 4.03. The van der Waals surface area contributed by atoms with Crippen molar-refractivity contribution in [3.05, 3.63) is 125 Å². The number of benzene rings is 4. The zero-order chi connectivity index (χ0) is 30.9. The summed E-state index contributed by atoms with van der Waals surface area (Å²) >= 11 is 0. The molecule has 0 amide bonds. The Morgan fingerprint density at radius 1 is 0.500 bits per heavy atom. The summed E-state index contributed by atoms with van der Waals surface area (Å²) in [6.45, 7) is 13.0. The first kappa shape index (κ1) is 27.8. The standard InChI is InChI=1S/C20H20N2.C19H19N3/c1-13-8-7-9-14(2)19(13)22-17-11-6-5-10-16(17)20-18(22)12-15(3)21(20)4;1-12-8-7-9-13(2)18(12)22-16-11-6-5-10-15(16)17-19(22)21(4)14(3)20-17/h5-12H,1-4H3;5-11H,1-4H3. The lowest BCUT2D eigenvalue weighted by Gasteiger charge is -2.14. The normalized spacial score (nSPS) is 11.6. The second-order valence-corrected chi connectivity index (χ2v) is 12.2. The molecule has 0 spiro atoms. The first-order valence-electron chi connectivity index (χ1n) is 15.3. The summed E-state index contributed by atoms with van der Waals surface area (Å²) < 4.78 is 9.25. The molecule has 0 atom stereocenters. The van der Waals surface area contributed by atoms with Gasteiger partial charge in [-0.05, 0) is 82.0 Å². The zero-order valence-corrected chi connectivity index (χ0v) is 26.9. The van der Waals surface area contributed by atoms with Crippen LogP contribution in [0.4, 0.5) is 0 Å². The Kier molecular flexibility index (Phi) is 6.51. The van der Waals surface area contributed by atoms with Crippen LogP contribution in [0.15, 0.2) is 91.0 Å². The second kappa shape index (κ2) is 10.3. The zero-order valence-electron chi connectivity index (χ0n) is 26.9. The minimum atomic E-state index is 1.04. The highest BCUT2D eigenvalue weighted by atomic mass is 15.2. The van der Waals surface area contributed by atoms with Crippen LogP contribution in [-0.4, -0.2) is 23.3 Å². The van der Waals surface area contributed by atoms with Crippen LogP contribution in [0.3, 0.4) is 0 Å². The highest BCUT2D eigenvalue weighted by Crippen LogP contribution is 2.36. The lowest BCUT2D eigenvalue weighted by molar-refractivity contribution is 0.858. The van der Waals surface area contributed by atoms with E-state index >= 15 is 0 Å². The topological polar surface area (TPSA) is 32.6 Å². The molecule has 0 aliphatic rings. The van der Waals surface area contributed by atoms with Gasteiger partial charge < -0.3 is 13.7 Å². The number of fused-ring (bicyclic) bond motifs is 6. The van der Waals surface area contributed by atoms with Gasteiger partial charge in [0.15, 0.2) is 0 Å². The van der Waals surface area contributed by atoms with Crippen LogP contribution in [0.1, 0.15) is 33.8 Å². The van der Waals surface area contributed by atoms with Crippen LogP contribution in [0.2, 0.25) is 0 Å². The lowest BCUT2D eigenvalue weighted by Crippen LogP contribution is -2.04. The number of para-hydroxylation sites is 4. The molecule has 0 N–H and O–H groups in total. The maximum absolute atomic E-state index is 4.79. The van der Waals surface area contributed by atoms with Gasteiger partial charge in [-0.15, -0.1) is 0 Å². The van der Waals surface area contributed by atoms with E-state index in [1.54, 1.807) is 0 Å². The summed E-state index contributed by atoms with van der Waals surface area (Å²) in [5.41, 5.74) is 16.4. The largest absolute Gasteiger partial charge is 0.346 e. The second-order valence-electron chi connectivity index (χ2n) is 12.2. The number of aromatic nitrogens is 5. The van der Waals surface area contributed by atoms with Crippen molar-refractivity contribution >= 4 is 44.0 Å². The van der Waals surface area contributed by atoms with E-state index in [9.17, 15) is 0 Å². The maximum Gasteiger partial charge on any atom is 0.146 e. The monoisotopic (exact) mass is 577 g/mol. The van der Waals surface area contributed by atoms with Crippen molar-refractivity contribution in [1.82, 2.24) is 23.3 Å². The highest BCUT2D eigenvalue weighted by Gasteiger charge is 2.20. The molecule has 4 aromatic carbocycles.